The van der Waals surface area contributed by atoms with Crippen molar-refractivity contribution in [2.24, 2.45) is 10.7 Å². The second-order valence-electron chi connectivity index (χ2n) is 13.4. The molecule has 9 aromatic rings. The second kappa shape index (κ2) is 10.8. The van der Waals surface area contributed by atoms with Crippen LogP contribution in [0.25, 0.3) is 71.2 Å². The standard InChI is InChI=1S/C45H33N3O/c1-27-11-10-18-35-32-15-5-4-14-31(32)33-22-21-30(24-38(33)42(27)35)44(46)43-36-17-7-9-20-41(36)49-45(43)47-26-48-39-19-8-6-16-34(39)37-23-28-12-2-3-13-29(28)25-40(37)48/h2-10,12-27,44H,11,46H2,1H3. The van der Waals surface area contributed by atoms with Gasteiger partial charge in [0.15, 0.2) is 0 Å². The van der Waals surface area contributed by atoms with Crippen molar-refractivity contribution in [1.29, 1.82) is 0 Å². The number of benzene rings is 7. The normalized spacial score (nSPS) is 15.4. The minimum atomic E-state index is -0.446. The lowest BCUT2D eigenvalue weighted by molar-refractivity contribution is 0.618. The molecule has 2 atom stereocenters. The molecule has 1 aliphatic carbocycles. The monoisotopic (exact) mass is 631 g/mol. The zero-order valence-electron chi connectivity index (χ0n) is 27.1. The summed E-state index contributed by atoms with van der Waals surface area (Å²) in [5.74, 6) is 0.939. The fraction of sp³-hybridized carbons (Fsp3) is 0.0889. The Balaban J connectivity index is 1.16. The van der Waals surface area contributed by atoms with E-state index in [9.17, 15) is 0 Å². The number of nitrogens with zero attached hydrogens (tertiary/aromatic N) is 2. The Morgan fingerprint density at radius 3 is 2.24 bits per heavy atom. The first-order valence-electron chi connectivity index (χ1n) is 17.0. The maximum Gasteiger partial charge on any atom is 0.226 e. The van der Waals surface area contributed by atoms with Crippen LogP contribution in [-0.2, 0) is 0 Å². The van der Waals surface area contributed by atoms with E-state index in [-0.39, 0.29) is 0 Å². The number of furan rings is 1. The summed E-state index contributed by atoms with van der Waals surface area (Å²) in [6, 6.07) is 44.7. The molecule has 0 saturated carbocycles. The van der Waals surface area contributed by atoms with Gasteiger partial charge in [-0.1, -0.05) is 116 Å². The largest absolute Gasteiger partial charge is 0.438 e. The number of nitrogens with two attached hydrogens (primary N) is 1. The van der Waals surface area contributed by atoms with Crippen molar-refractivity contribution >= 4 is 83.4 Å². The summed E-state index contributed by atoms with van der Waals surface area (Å²) in [5, 5.41) is 10.9. The molecule has 10 rings (SSSR count). The first kappa shape index (κ1) is 28.1. The van der Waals surface area contributed by atoms with E-state index in [1.807, 2.05) is 24.5 Å². The average molecular weight is 632 g/mol. The molecular weight excluding hydrogens is 599 g/mol. The van der Waals surface area contributed by atoms with Gasteiger partial charge in [0.25, 0.3) is 0 Å². The molecule has 2 N–H and O–H groups in total. The zero-order valence-corrected chi connectivity index (χ0v) is 27.1. The number of fused-ring (bicyclic) bond motifs is 11. The molecule has 4 heteroatoms. The van der Waals surface area contributed by atoms with Crippen molar-refractivity contribution in [1.82, 2.24) is 4.57 Å². The third-order valence-electron chi connectivity index (χ3n) is 10.6. The molecule has 49 heavy (non-hydrogen) atoms. The first-order valence-corrected chi connectivity index (χ1v) is 17.0. The molecule has 0 spiro atoms. The summed E-state index contributed by atoms with van der Waals surface area (Å²) >= 11 is 0. The first-order chi connectivity index (χ1) is 24.1. The molecule has 2 unspecified atom stereocenters. The predicted octanol–water partition coefficient (Wildman–Crippen LogP) is 11.8. The summed E-state index contributed by atoms with van der Waals surface area (Å²) in [6.45, 7) is 2.33. The smallest absolute Gasteiger partial charge is 0.226 e. The molecule has 0 bridgehead atoms. The van der Waals surface area contributed by atoms with Gasteiger partial charge in [-0.05, 0) is 91.7 Å². The molecule has 2 aromatic heterocycles. The van der Waals surface area contributed by atoms with Gasteiger partial charge in [0.05, 0.1) is 17.1 Å². The van der Waals surface area contributed by atoms with Gasteiger partial charge in [0, 0.05) is 21.7 Å². The van der Waals surface area contributed by atoms with Crippen molar-refractivity contribution in [3.8, 4) is 0 Å². The maximum atomic E-state index is 7.28. The van der Waals surface area contributed by atoms with Crippen molar-refractivity contribution in [2.45, 2.75) is 25.3 Å². The highest BCUT2D eigenvalue weighted by Gasteiger charge is 2.24. The van der Waals surface area contributed by atoms with Gasteiger partial charge >= 0.3 is 0 Å². The molecule has 0 radical (unpaired) electrons. The van der Waals surface area contributed by atoms with Crippen LogP contribution in [-0.4, -0.2) is 10.9 Å². The van der Waals surface area contributed by atoms with Crippen LogP contribution in [0, 0.1) is 0 Å². The zero-order chi connectivity index (χ0) is 32.6. The fourth-order valence-electron chi connectivity index (χ4n) is 8.21. The SMILES string of the molecule is CC1CC=Cc2c1c1cc(C(N)c3c(N=Cn4c5ccccc5c5cc6ccccc6cc54)oc4ccccc34)ccc1c1ccccc21. The van der Waals surface area contributed by atoms with E-state index in [1.165, 1.54) is 54.2 Å². The van der Waals surface area contributed by atoms with Crippen molar-refractivity contribution in [3.05, 3.63) is 156 Å². The highest BCUT2D eigenvalue weighted by atomic mass is 16.3. The topological polar surface area (TPSA) is 56.4 Å². The van der Waals surface area contributed by atoms with Gasteiger partial charge in [-0.25, -0.2) is 4.99 Å². The highest BCUT2D eigenvalue weighted by Crippen LogP contribution is 2.44. The molecule has 7 aromatic carbocycles. The van der Waals surface area contributed by atoms with Crippen LogP contribution >= 0.6 is 0 Å². The average Bonchev–Trinajstić information content (AvgIpc) is 3.67. The predicted molar refractivity (Wildman–Crippen MR) is 206 cm³/mol. The van der Waals surface area contributed by atoms with Crippen molar-refractivity contribution < 1.29 is 4.42 Å². The Kier molecular flexibility index (Phi) is 6.18. The van der Waals surface area contributed by atoms with E-state index in [0.29, 0.717) is 11.8 Å². The molecule has 234 valence electrons. The van der Waals surface area contributed by atoms with Gasteiger partial charge in [0.1, 0.15) is 11.9 Å². The summed E-state index contributed by atoms with van der Waals surface area (Å²) in [6.07, 6.45) is 7.53. The lowest BCUT2D eigenvalue weighted by Crippen LogP contribution is -2.12. The summed E-state index contributed by atoms with van der Waals surface area (Å²) in [7, 11) is 0. The summed E-state index contributed by atoms with van der Waals surface area (Å²) in [5.41, 5.74) is 14.9. The molecule has 0 fully saturated rings. The van der Waals surface area contributed by atoms with Crippen LogP contribution in [0.15, 0.2) is 143 Å². The van der Waals surface area contributed by atoms with Crippen molar-refractivity contribution in [2.75, 3.05) is 0 Å². The molecule has 0 amide bonds. The van der Waals surface area contributed by atoms with Crippen molar-refractivity contribution in [3.63, 3.8) is 0 Å². The lowest BCUT2D eigenvalue weighted by Gasteiger charge is -2.24. The lowest BCUT2D eigenvalue weighted by atomic mass is 9.80. The number of hydrogen-bond donors (Lipinski definition) is 1. The van der Waals surface area contributed by atoms with Crippen LogP contribution < -0.4 is 5.73 Å². The van der Waals surface area contributed by atoms with Gasteiger partial charge in [-0.2, -0.15) is 0 Å². The minimum Gasteiger partial charge on any atom is -0.438 e. The number of para-hydroxylation sites is 2. The fourth-order valence-corrected chi connectivity index (χ4v) is 8.21. The molecule has 2 heterocycles. The Bertz CT molecular complexity index is 2850. The van der Waals surface area contributed by atoms with Crippen LogP contribution in [0.3, 0.4) is 0 Å². The summed E-state index contributed by atoms with van der Waals surface area (Å²) < 4.78 is 8.66. The van der Waals surface area contributed by atoms with Gasteiger partial charge in [-0.15, -0.1) is 0 Å². The van der Waals surface area contributed by atoms with E-state index in [2.05, 4.69) is 133 Å². The Labute approximate surface area is 283 Å². The number of rotatable bonds is 4. The van der Waals surface area contributed by atoms with Crippen LogP contribution in [0.2, 0.25) is 0 Å². The quantitative estimate of drug-likeness (QED) is 0.119. The Morgan fingerprint density at radius 2 is 1.39 bits per heavy atom. The van der Waals surface area contributed by atoms with Gasteiger partial charge in [-0.3, -0.25) is 4.57 Å². The molecule has 4 nitrogen and oxygen atoms in total. The van der Waals surface area contributed by atoms with E-state index in [4.69, 9.17) is 15.1 Å². The third-order valence-corrected chi connectivity index (χ3v) is 10.6. The molecular formula is C45H33N3O. The Morgan fingerprint density at radius 1 is 0.694 bits per heavy atom. The second-order valence-corrected chi connectivity index (χ2v) is 13.4. The van der Waals surface area contributed by atoms with E-state index in [0.717, 1.165) is 39.6 Å². The van der Waals surface area contributed by atoms with Crippen LogP contribution in [0.1, 0.15) is 47.6 Å². The number of aromatic nitrogens is 1. The molecule has 1 aliphatic rings. The van der Waals surface area contributed by atoms with E-state index >= 15 is 0 Å². The Hall–Kier alpha value is -5.97. The third kappa shape index (κ3) is 4.24. The van der Waals surface area contributed by atoms with Crippen LogP contribution in [0.5, 0.6) is 0 Å². The maximum absolute atomic E-state index is 7.28. The van der Waals surface area contributed by atoms with E-state index in [1.54, 1.807) is 0 Å². The number of hydrogen-bond acceptors (Lipinski definition) is 3. The van der Waals surface area contributed by atoms with Crippen LogP contribution in [0.4, 0.5) is 5.88 Å². The highest BCUT2D eigenvalue weighted by molar-refractivity contribution is 6.16. The van der Waals surface area contributed by atoms with Gasteiger partial charge < -0.3 is 10.2 Å². The minimum absolute atomic E-state index is 0.414. The molecule has 0 saturated heterocycles. The molecule has 0 aliphatic heterocycles. The van der Waals surface area contributed by atoms with Gasteiger partial charge in [0.2, 0.25) is 5.88 Å². The number of allylic oxidation sites excluding steroid dienone is 1. The summed E-state index contributed by atoms with van der Waals surface area (Å²) in [4.78, 5) is 5.08. The number of aliphatic imine (C=N–C) groups is 1. The van der Waals surface area contributed by atoms with E-state index < -0.39 is 6.04 Å².